The molecular formula is C61H110O20S5. The van der Waals surface area contributed by atoms with Gasteiger partial charge in [0.15, 0.2) is 0 Å². The molecule has 12 N–H and O–H groups in total. The summed E-state index contributed by atoms with van der Waals surface area (Å²) in [5, 5.41) is 105. The predicted octanol–water partition coefficient (Wildman–Crippen LogP) is 6.80. The number of carbonyl (C=O) groups is 5. The number of aliphatic hydroxyl groups excluding tert-OH is 10. The van der Waals surface area contributed by atoms with E-state index in [0.717, 1.165) is 11.5 Å². The van der Waals surface area contributed by atoms with Gasteiger partial charge in [-0.05, 0) is 88.9 Å². The second-order valence-corrected chi connectivity index (χ2v) is 27.1. The smallest absolute Gasteiger partial charge is 0.312 e. The van der Waals surface area contributed by atoms with Gasteiger partial charge in [-0.25, -0.2) is 0 Å². The van der Waals surface area contributed by atoms with Crippen molar-refractivity contribution in [1.82, 2.24) is 0 Å². The first-order valence-electron chi connectivity index (χ1n) is 28.3. The van der Waals surface area contributed by atoms with E-state index in [0.29, 0.717) is 70.7 Å². The van der Waals surface area contributed by atoms with Crippen molar-refractivity contribution < 1.29 is 99.5 Å². The van der Waals surface area contributed by atoms with Gasteiger partial charge < -0.3 is 75.5 Å². The molecule has 0 aliphatic rings. The Morgan fingerprint density at radius 1 is 0.407 bits per heavy atom. The topological polar surface area (TPSA) is 356 Å². The summed E-state index contributed by atoms with van der Waals surface area (Å²) >= 11 is 7.64. The van der Waals surface area contributed by atoms with Crippen molar-refractivity contribution in [3.8, 4) is 0 Å². The lowest BCUT2D eigenvalue weighted by Gasteiger charge is -2.21. The van der Waals surface area contributed by atoms with Gasteiger partial charge in [0.2, 0.25) is 0 Å². The van der Waals surface area contributed by atoms with Gasteiger partial charge in [-0.1, -0.05) is 102 Å². The third-order valence-electron chi connectivity index (χ3n) is 12.1. The summed E-state index contributed by atoms with van der Waals surface area (Å²) in [4.78, 5) is 53.6. The summed E-state index contributed by atoms with van der Waals surface area (Å²) in [5.41, 5.74) is 1.01. The molecule has 0 bridgehead atoms. The highest BCUT2D eigenvalue weighted by Crippen LogP contribution is 2.25. The van der Waals surface area contributed by atoms with Crippen LogP contribution in [0.1, 0.15) is 119 Å². The third-order valence-corrected chi connectivity index (χ3v) is 19.1. The fraction of sp³-hybridized carbons (Fsp3) is 0.721. The van der Waals surface area contributed by atoms with E-state index >= 15 is 0 Å². The van der Waals surface area contributed by atoms with E-state index < -0.39 is 58.7 Å². The van der Waals surface area contributed by atoms with Crippen LogP contribution < -0.4 is 0 Å². The van der Waals surface area contributed by atoms with E-state index in [4.69, 9.17) is 51.1 Å². The number of methoxy groups -OCH3 is 3. The minimum absolute atomic E-state index is 0.146. The molecule has 86 heavy (non-hydrogen) atoms. The molecule has 0 aliphatic heterocycles. The number of aliphatic carboxylic acids is 2. The zero-order valence-electron chi connectivity index (χ0n) is 53.7. The number of carboxylic acids is 2. The van der Waals surface area contributed by atoms with Crippen molar-refractivity contribution in [3.05, 3.63) is 71.8 Å². The van der Waals surface area contributed by atoms with E-state index in [1.807, 2.05) is 50.2 Å². The Morgan fingerprint density at radius 2 is 0.663 bits per heavy atom. The van der Waals surface area contributed by atoms with Gasteiger partial charge in [-0.3, -0.25) is 24.0 Å². The Morgan fingerprint density at radius 3 is 0.872 bits per heavy atom. The number of hydrogen-bond acceptors (Lipinski definition) is 23. The molecule has 9 atom stereocenters. The molecule has 20 nitrogen and oxygen atoms in total. The first-order valence-corrected chi connectivity index (χ1v) is 34.1. The van der Waals surface area contributed by atoms with Crippen molar-refractivity contribution in [1.29, 1.82) is 0 Å². The van der Waals surface area contributed by atoms with E-state index in [-0.39, 0.29) is 62.8 Å². The van der Waals surface area contributed by atoms with Crippen LogP contribution in [0.3, 0.4) is 0 Å². The molecule has 0 fully saturated rings. The summed E-state index contributed by atoms with van der Waals surface area (Å²) < 4.78 is 13.7. The monoisotopic (exact) mass is 1320 g/mol. The Hall–Kier alpha value is -2.86. The molecule has 0 saturated carbocycles. The average molecular weight is 1320 g/mol. The number of ether oxygens (including phenoxy) is 3. The van der Waals surface area contributed by atoms with E-state index in [2.05, 4.69) is 52.3 Å². The number of hydrogen-bond donors (Lipinski definition) is 12. The quantitative estimate of drug-likeness (QED) is 0.0253. The Kier molecular flexibility index (Phi) is 60.0. The van der Waals surface area contributed by atoms with Crippen LogP contribution in [0.5, 0.6) is 0 Å². The van der Waals surface area contributed by atoms with Gasteiger partial charge in [-0.15, -0.1) is 0 Å². The maximum absolute atomic E-state index is 11.2. The molecule has 0 amide bonds. The summed E-state index contributed by atoms with van der Waals surface area (Å²) in [6.07, 6.45) is -1.92. The van der Waals surface area contributed by atoms with Crippen molar-refractivity contribution >= 4 is 88.7 Å². The van der Waals surface area contributed by atoms with E-state index in [1.54, 1.807) is 78.9 Å². The summed E-state index contributed by atoms with van der Waals surface area (Å²) in [7, 11) is 4.06. The molecule has 2 rings (SSSR count). The highest BCUT2D eigenvalue weighted by molar-refractivity contribution is 8.00. The molecule has 2 aromatic rings. The van der Waals surface area contributed by atoms with Crippen molar-refractivity contribution in [2.45, 2.75) is 138 Å². The molecule has 0 saturated heterocycles. The van der Waals surface area contributed by atoms with Crippen LogP contribution in [0.2, 0.25) is 0 Å². The Labute approximate surface area is 535 Å². The Bertz CT molecular complexity index is 1840. The first kappa shape index (κ1) is 91.9. The fourth-order valence-electron chi connectivity index (χ4n) is 5.17. The largest absolute Gasteiger partial charge is 0.481 e. The standard InChI is InChI=1S/2C12H18O2S.C9H18O4S.2C8H16O4S.2C6H12O2/c2*1-10(8-15-9-12(14)7-13)11-5-3-2-4-6-11;1-9(2,8(12)13-3)6-14-5-7(11)4-10;2*1-6(8(11)12-2)4-13-5-7(10)3-9;2*1-4-6(2,3)5(7)8/h2*2-6,10,12-14H,7-9H2,1H3;7,10-11H,4-6H2,1-3H3;2*6-7,9-10H,3-5H2,1-2H3;2*4H2,1-3H3,(H,7,8). The van der Waals surface area contributed by atoms with Crippen LogP contribution in [-0.2, 0) is 38.2 Å². The number of esters is 3. The minimum Gasteiger partial charge on any atom is -0.481 e. The fourth-order valence-corrected chi connectivity index (χ4v) is 10.4. The number of carbonyl (C=O) groups excluding carboxylic acids is 3. The highest BCUT2D eigenvalue weighted by Gasteiger charge is 2.29. The van der Waals surface area contributed by atoms with Gasteiger partial charge in [0.25, 0.3) is 0 Å². The van der Waals surface area contributed by atoms with Crippen molar-refractivity contribution in [2.75, 3.05) is 112 Å². The van der Waals surface area contributed by atoms with Gasteiger partial charge >= 0.3 is 29.8 Å². The van der Waals surface area contributed by atoms with E-state index in [9.17, 15) is 34.2 Å². The zero-order valence-corrected chi connectivity index (χ0v) is 57.7. The van der Waals surface area contributed by atoms with Crippen LogP contribution >= 0.6 is 58.8 Å². The zero-order chi connectivity index (χ0) is 67.5. The molecule has 0 aliphatic carbocycles. The molecule has 0 aromatic heterocycles. The van der Waals surface area contributed by atoms with Crippen molar-refractivity contribution in [3.63, 3.8) is 0 Å². The number of aliphatic hydroxyl groups is 10. The normalized spacial score (nSPS) is 14.1. The third kappa shape index (κ3) is 52.0. The summed E-state index contributed by atoms with van der Waals surface area (Å²) in [6.45, 7) is 21.1. The second-order valence-electron chi connectivity index (χ2n) is 21.8. The molecule has 0 radical (unpaired) electrons. The minimum atomic E-state index is -0.722. The maximum atomic E-state index is 11.2. The molecule has 0 spiro atoms. The molecule has 2 aromatic carbocycles. The predicted molar refractivity (Wildman–Crippen MR) is 353 cm³/mol. The van der Waals surface area contributed by atoms with Gasteiger partial charge in [0.05, 0.1) is 113 Å². The molecular weight excluding hydrogens is 1210 g/mol. The van der Waals surface area contributed by atoms with Crippen LogP contribution in [0.4, 0.5) is 0 Å². The number of thioether (sulfide) groups is 5. The lowest BCUT2D eigenvalue weighted by molar-refractivity contribution is -0.149. The lowest BCUT2D eigenvalue weighted by Crippen LogP contribution is -2.29. The Balaban J connectivity index is -0.000000300. The van der Waals surface area contributed by atoms with Crippen LogP contribution in [0, 0.1) is 28.1 Å². The van der Waals surface area contributed by atoms with Crippen LogP contribution in [-0.4, -0.2) is 234 Å². The lowest BCUT2D eigenvalue weighted by atomic mass is 9.91. The maximum Gasteiger partial charge on any atom is 0.312 e. The van der Waals surface area contributed by atoms with E-state index in [1.165, 1.54) is 67.7 Å². The number of benzene rings is 2. The molecule has 0 heterocycles. The SMILES string of the molecule is CC(CSCC(O)CO)c1ccccc1.CC(CSCC(O)CO)c1ccccc1.CCC(C)(C)C(=O)O.CCC(C)(C)C(=O)O.COC(=O)C(C)(C)CSCC(O)CO.COC(=O)C(C)CSCC(O)CO.COC(=O)C(C)CSCC(O)CO. The number of rotatable bonds is 34. The van der Waals surface area contributed by atoms with Crippen LogP contribution in [0.25, 0.3) is 0 Å². The molecule has 25 heteroatoms. The highest BCUT2D eigenvalue weighted by atomic mass is 32.2. The van der Waals surface area contributed by atoms with Crippen LogP contribution in [0.15, 0.2) is 60.7 Å². The van der Waals surface area contributed by atoms with Gasteiger partial charge in [-0.2, -0.15) is 58.8 Å². The van der Waals surface area contributed by atoms with Gasteiger partial charge in [0, 0.05) is 46.0 Å². The number of carboxylic acid groups (broad SMARTS) is 2. The average Bonchev–Trinajstić information content (AvgIpc) is 3.62. The summed E-state index contributed by atoms with van der Waals surface area (Å²) in [5.74, 6) is 4.69. The molecule has 9 unspecified atom stereocenters. The first-order chi connectivity index (χ1) is 40.1. The van der Waals surface area contributed by atoms with Crippen molar-refractivity contribution in [2.24, 2.45) is 28.1 Å². The summed E-state index contributed by atoms with van der Waals surface area (Å²) in [6, 6.07) is 20.7. The van der Waals surface area contributed by atoms with Gasteiger partial charge in [0.1, 0.15) is 0 Å². The molecule has 504 valence electrons. The second kappa shape index (κ2) is 56.1.